The van der Waals surface area contributed by atoms with Crippen molar-refractivity contribution < 1.29 is 5.11 Å². The van der Waals surface area contributed by atoms with E-state index >= 15 is 0 Å². The topological polar surface area (TPSA) is 20.2 Å². The van der Waals surface area contributed by atoms with Gasteiger partial charge in [0.1, 0.15) is 0 Å². The molecule has 3 unspecified atom stereocenters. The molecule has 0 saturated heterocycles. The van der Waals surface area contributed by atoms with Crippen LogP contribution in [0.5, 0.6) is 0 Å². The van der Waals surface area contributed by atoms with Gasteiger partial charge in [-0.05, 0) is 30.6 Å². The number of hydrogen-bond donors (Lipinski definition) is 1. The lowest BCUT2D eigenvalue weighted by molar-refractivity contribution is 0.0496. The van der Waals surface area contributed by atoms with Gasteiger partial charge in [0.2, 0.25) is 0 Å². The Bertz CT molecular complexity index is 153. The van der Waals surface area contributed by atoms with E-state index in [2.05, 4.69) is 27.7 Å². The molecule has 1 N–H and O–H groups in total. The van der Waals surface area contributed by atoms with Gasteiger partial charge >= 0.3 is 0 Å². The normalized spacial score (nSPS) is 37.0. The molecule has 0 aromatic heterocycles. The van der Waals surface area contributed by atoms with Crippen LogP contribution in [0.3, 0.4) is 0 Å². The standard InChI is InChI=1S/C11H22O/c1-5-6-10-7-11(10,12)9(4)8(2)3/h8-10,12H,5-7H2,1-4H3. The first-order chi connectivity index (χ1) is 5.52. The third-order valence-electron chi connectivity index (χ3n) is 3.55. The quantitative estimate of drug-likeness (QED) is 0.688. The van der Waals surface area contributed by atoms with Gasteiger partial charge in [0, 0.05) is 0 Å². The predicted molar refractivity (Wildman–Crippen MR) is 52.0 cm³/mol. The Morgan fingerprint density at radius 1 is 1.42 bits per heavy atom. The Morgan fingerprint density at radius 2 is 2.00 bits per heavy atom. The molecule has 1 aliphatic rings. The maximum absolute atomic E-state index is 10.2. The van der Waals surface area contributed by atoms with E-state index in [9.17, 15) is 5.11 Å². The summed E-state index contributed by atoms with van der Waals surface area (Å²) in [5.74, 6) is 1.67. The first-order valence-electron chi connectivity index (χ1n) is 5.24. The molecular weight excluding hydrogens is 148 g/mol. The van der Waals surface area contributed by atoms with Gasteiger partial charge in [-0.25, -0.2) is 0 Å². The minimum atomic E-state index is -0.301. The monoisotopic (exact) mass is 170 g/mol. The summed E-state index contributed by atoms with van der Waals surface area (Å²) in [5, 5.41) is 10.2. The average molecular weight is 170 g/mol. The summed E-state index contributed by atoms with van der Waals surface area (Å²) in [6, 6.07) is 0. The molecule has 0 aliphatic heterocycles. The molecule has 0 amide bonds. The summed E-state index contributed by atoms with van der Waals surface area (Å²) in [6.07, 6.45) is 3.45. The molecule has 0 radical (unpaired) electrons. The van der Waals surface area contributed by atoms with E-state index in [4.69, 9.17) is 0 Å². The number of rotatable bonds is 4. The Labute approximate surface area is 76.2 Å². The second-order valence-electron chi connectivity index (χ2n) is 4.71. The van der Waals surface area contributed by atoms with Crippen molar-refractivity contribution in [2.45, 2.75) is 52.6 Å². The molecule has 0 spiro atoms. The lowest BCUT2D eigenvalue weighted by atomic mass is 9.88. The third kappa shape index (κ3) is 1.66. The fourth-order valence-electron chi connectivity index (χ4n) is 2.17. The molecule has 0 bridgehead atoms. The van der Waals surface area contributed by atoms with Crippen LogP contribution in [0.15, 0.2) is 0 Å². The summed E-state index contributed by atoms with van der Waals surface area (Å²) < 4.78 is 0. The van der Waals surface area contributed by atoms with Crippen LogP contribution in [0.4, 0.5) is 0 Å². The SMILES string of the molecule is CCCC1CC1(O)C(C)C(C)C. The third-order valence-corrected chi connectivity index (χ3v) is 3.55. The van der Waals surface area contributed by atoms with Crippen LogP contribution >= 0.6 is 0 Å². The van der Waals surface area contributed by atoms with Gasteiger partial charge in [-0.1, -0.05) is 34.1 Å². The van der Waals surface area contributed by atoms with Gasteiger partial charge in [-0.3, -0.25) is 0 Å². The van der Waals surface area contributed by atoms with Gasteiger partial charge in [0.25, 0.3) is 0 Å². The lowest BCUT2D eigenvalue weighted by Gasteiger charge is -2.23. The molecule has 1 saturated carbocycles. The zero-order valence-electron chi connectivity index (χ0n) is 8.80. The van der Waals surface area contributed by atoms with Crippen LogP contribution < -0.4 is 0 Å². The highest BCUT2D eigenvalue weighted by Crippen LogP contribution is 2.53. The van der Waals surface area contributed by atoms with Crippen LogP contribution in [0.1, 0.15) is 47.0 Å². The van der Waals surface area contributed by atoms with Crippen molar-refractivity contribution in [3.05, 3.63) is 0 Å². The second kappa shape index (κ2) is 3.37. The highest BCUT2D eigenvalue weighted by Gasteiger charge is 2.55. The highest BCUT2D eigenvalue weighted by molar-refractivity contribution is 5.06. The zero-order chi connectivity index (χ0) is 9.35. The molecule has 1 nitrogen and oxygen atoms in total. The minimum absolute atomic E-state index is 0.301. The predicted octanol–water partition coefficient (Wildman–Crippen LogP) is 2.83. The van der Waals surface area contributed by atoms with Crippen molar-refractivity contribution in [2.75, 3.05) is 0 Å². The van der Waals surface area contributed by atoms with Gasteiger partial charge in [0.05, 0.1) is 5.60 Å². The zero-order valence-corrected chi connectivity index (χ0v) is 8.80. The summed E-state index contributed by atoms with van der Waals surface area (Å²) in [7, 11) is 0. The molecule has 3 atom stereocenters. The molecule has 12 heavy (non-hydrogen) atoms. The highest BCUT2D eigenvalue weighted by atomic mass is 16.3. The largest absolute Gasteiger partial charge is 0.389 e. The molecule has 1 heteroatoms. The Balaban J connectivity index is 2.43. The fourth-order valence-corrected chi connectivity index (χ4v) is 2.17. The van der Waals surface area contributed by atoms with Crippen LogP contribution in [0, 0.1) is 17.8 Å². The van der Waals surface area contributed by atoms with Crippen molar-refractivity contribution in [3.63, 3.8) is 0 Å². The molecule has 72 valence electrons. The van der Waals surface area contributed by atoms with Gasteiger partial charge in [-0.15, -0.1) is 0 Å². The first kappa shape index (κ1) is 10.0. The van der Waals surface area contributed by atoms with Gasteiger partial charge in [-0.2, -0.15) is 0 Å². The summed E-state index contributed by atoms with van der Waals surface area (Å²) >= 11 is 0. The van der Waals surface area contributed by atoms with Crippen molar-refractivity contribution >= 4 is 0 Å². The fraction of sp³-hybridized carbons (Fsp3) is 1.00. The van der Waals surface area contributed by atoms with Gasteiger partial charge in [0.15, 0.2) is 0 Å². The Hall–Kier alpha value is -0.0400. The van der Waals surface area contributed by atoms with E-state index in [0.717, 1.165) is 6.42 Å². The van der Waals surface area contributed by atoms with Crippen molar-refractivity contribution in [3.8, 4) is 0 Å². The van der Waals surface area contributed by atoms with E-state index in [1.165, 1.54) is 12.8 Å². The van der Waals surface area contributed by atoms with E-state index in [0.29, 0.717) is 17.8 Å². The van der Waals surface area contributed by atoms with Crippen molar-refractivity contribution in [1.29, 1.82) is 0 Å². The molecule has 0 heterocycles. The Kier molecular flexibility index (Phi) is 2.82. The summed E-state index contributed by atoms with van der Waals surface area (Å²) in [4.78, 5) is 0. The second-order valence-corrected chi connectivity index (χ2v) is 4.71. The molecular formula is C11H22O. The van der Waals surface area contributed by atoms with Crippen molar-refractivity contribution in [2.24, 2.45) is 17.8 Å². The maximum Gasteiger partial charge on any atom is 0.0708 e. The lowest BCUT2D eigenvalue weighted by Crippen LogP contribution is -2.26. The van der Waals surface area contributed by atoms with Crippen LogP contribution in [-0.2, 0) is 0 Å². The van der Waals surface area contributed by atoms with Crippen molar-refractivity contribution in [1.82, 2.24) is 0 Å². The summed E-state index contributed by atoms with van der Waals surface area (Å²) in [6.45, 7) is 8.77. The van der Waals surface area contributed by atoms with E-state index in [1.807, 2.05) is 0 Å². The van der Waals surface area contributed by atoms with Crippen LogP contribution in [-0.4, -0.2) is 10.7 Å². The van der Waals surface area contributed by atoms with Crippen LogP contribution in [0.2, 0.25) is 0 Å². The average Bonchev–Trinajstić information content (AvgIpc) is 2.63. The maximum atomic E-state index is 10.2. The molecule has 0 aromatic carbocycles. The minimum Gasteiger partial charge on any atom is -0.389 e. The van der Waals surface area contributed by atoms with E-state index in [-0.39, 0.29) is 5.60 Å². The van der Waals surface area contributed by atoms with E-state index < -0.39 is 0 Å². The molecule has 1 aliphatic carbocycles. The van der Waals surface area contributed by atoms with E-state index in [1.54, 1.807) is 0 Å². The first-order valence-corrected chi connectivity index (χ1v) is 5.24. The number of hydrogen-bond acceptors (Lipinski definition) is 1. The smallest absolute Gasteiger partial charge is 0.0708 e. The molecule has 1 rings (SSSR count). The van der Waals surface area contributed by atoms with Gasteiger partial charge < -0.3 is 5.11 Å². The molecule has 1 fully saturated rings. The Morgan fingerprint density at radius 3 is 2.42 bits per heavy atom. The number of aliphatic hydroxyl groups is 1. The molecule has 0 aromatic rings. The summed E-state index contributed by atoms with van der Waals surface area (Å²) in [5.41, 5.74) is -0.301. The van der Waals surface area contributed by atoms with Crippen LogP contribution in [0.25, 0.3) is 0 Å².